The van der Waals surface area contributed by atoms with Crippen molar-refractivity contribution in [1.29, 1.82) is 0 Å². The smallest absolute Gasteiger partial charge is 0.290 e. The van der Waals surface area contributed by atoms with E-state index in [2.05, 4.69) is 54.0 Å². The van der Waals surface area contributed by atoms with Crippen LogP contribution in [0.25, 0.3) is 0 Å². The molecule has 0 saturated carbocycles. The van der Waals surface area contributed by atoms with Gasteiger partial charge in [0.25, 0.3) is 5.24 Å². The summed E-state index contributed by atoms with van der Waals surface area (Å²) in [7, 11) is 2.57. The third kappa shape index (κ3) is 13.0. The van der Waals surface area contributed by atoms with E-state index in [1.807, 2.05) is 0 Å². The Morgan fingerprint density at radius 3 is 2.19 bits per heavy atom. The number of hydrogen-bond donors (Lipinski definition) is 5. The van der Waals surface area contributed by atoms with Crippen LogP contribution in [0.5, 0.6) is 0 Å². The summed E-state index contributed by atoms with van der Waals surface area (Å²) < 4.78 is 2.77. The molecular weight excluding hydrogens is 448 g/mol. The maximum absolute atomic E-state index is 12.2. The molecule has 0 fully saturated rings. The molecular formula is C23H40N2O3S3. The van der Waals surface area contributed by atoms with Crippen LogP contribution in [-0.4, -0.2) is 46.5 Å². The van der Waals surface area contributed by atoms with Gasteiger partial charge in [-0.2, -0.15) is 0 Å². The summed E-state index contributed by atoms with van der Waals surface area (Å²) in [5, 5.41) is 22.3. The summed E-state index contributed by atoms with van der Waals surface area (Å²) in [6.07, 6.45) is 11.0. The number of thiol groups is 1. The van der Waals surface area contributed by atoms with E-state index in [4.69, 9.17) is 0 Å². The van der Waals surface area contributed by atoms with E-state index in [9.17, 15) is 15.0 Å². The molecule has 0 spiro atoms. The number of aryl methyl sites for hydroxylation is 2. The molecule has 0 unspecified atom stereocenters. The molecule has 4 N–H and O–H groups in total. The van der Waals surface area contributed by atoms with Crippen molar-refractivity contribution >= 4 is 39.6 Å². The number of aliphatic hydroxyl groups excluding tert-OH is 2. The zero-order valence-electron chi connectivity index (χ0n) is 18.8. The lowest BCUT2D eigenvalue weighted by Gasteiger charge is -2.30. The number of amides is 1. The number of carbonyl (C=O) groups excluding carboxylic acids is 1. The molecule has 0 aliphatic heterocycles. The summed E-state index contributed by atoms with van der Waals surface area (Å²) in [6, 6.07) is 8.58. The SMILES string of the molecule is CCCCCCCCc1ccc(CCC(CO)(CO)NC(=O)SSCCCNS)cc1. The van der Waals surface area contributed by atoms with Gasteiger partial charge in [0.15, 0.2) is 0 Å². The van der Waals surface area contributed by atoms with E-state index in [1.165, 1.54) is 54.9 Å². The monoisotopic (exact) mass is 488 g/mol. The van der Waals surface area contributed by atoms with Crippen molar-refractivity contribution in [3.8, 4) is 0 Å². The van der Waals surface area contributed by atoms with Crippen LogP contribution in [0.15, 0.2) is 24.3 Å². The summed E-state index contributed by atoms with van der Waals surface area (Å²) in [5.41, 5.74) is 1.49. The van der Waals surface area contributed by atoms with Crippen molar-refractivity contribution in [2.75, 3.05) is 25.5 Å². The molecule has 1 aromatic carbocycles. The summed E-state index contributed by atoms with van der Waals surface area (Å²) in [6.45, 7) is 2.44. The van der Waals surface area contributed by atoms with Gasteiger partial charge in [-0.25, -0.2) is 0 Å². The normalized spacial score (nSPS) is 11.6. The van der Waals surface area contributed by atoms with Crippen molar-refractivity contribution in [3.05, 3.63) is 35.4 Å². The molecule has 0 aromatic heterocycles. The number of nitrogens with one attached hydrogen (secondary N) is 2. The highest BCUT2D eigenvalue weighted by Crippen LogP contribution is 2.25. The molecule has 5 nitrogen and oxygen atoms in total. The van der Waals surface area contributed by atoms with Gasteiger partial charge in [-0.3, -0.25) is 9.52 Å². The largest absolute Gasteiger partial charge is 0.394 e. The molecule has 31 heavy (non-hydrogen) atoms. The average Bonchev–Trinajstić information content (AvgIpc) is 2.79. The molecule has 178 valence electrons. The van der Waals surface area contributed by atoms with Crippen LogP contribution < -0.4 is 10.0 Å². The second-order valence-corrected chi connectivity index (χ2v) is 10.7. The quantitative estimate of drug-likeness (QED) is 0.112. The minimum atomic E-state index is -1.01. The maximum atomic E-state index is 12.2. The lowest BCUT2D eigenvalue weighted by Crippen LogP contribution is -2.53. The van der Waals surface area contributed by atoms with E-state index in [0.717, 1.165) is 41.5 Å². The van der Waals surface area contributed by atoms with E-state index >= 15 is 0 Å². The highest BCUT2D eigenvalue weighted by atomic mass is 33.1. The molecule has 1 aromatic rings. The Morgan fingerprint density at radius 2 is 1.58 bits per heavy atom. The first-order valence-corrected chi connectivity index (χ1v) is 14.1. The molecule has 0 saturated heterocycles. The third-order valence-corrected chi connectivity index (χ3v) is 7.72. The van der Waals surface area contributed by atoms with Gasteiger partial charge < -0.3 is 15.5 Å². The van der Waals surface area contributed by atoms with Gasteiger partial charge in [0.2, 0.25) is 0 Å². The topological polar surface area (TPSA) is 81.6 Å². The Balaban J connectivity index is 2.41. The average molecular weight is 489 g/mol. The van der Waals surface area contributed by atoms with E-state index in [0.29, 0.717) is 12.8 Å². The van der Waals surface area contributed by atoms with Crippen LogP contribution in [-0.2, 0) is 12.8 Å². The fourth-order valence-corrected chi connectivity index (χ4v) is 5.18. The molecule has 8 heteroatoms. The number of carbonyl (C=O) groups is 1. The zero-order valence-corrected chi connectivity index (χ0v) is 21.3. The molecule has 1 rings (SSSR count). The third-order valence-electron chi connectivity index (χ3n) is 5.36. The second kappa shape index (κ2) is 18.1. The maximum Gasteiger partial charge on any atom is 0.290 e. The van der Waals surface area contributed by atoms with Crippen LogP contribution in [0.3, 0.4) is 0 Å². The van der Waals surface area contributed by atoms with Crippen LogP contribution >= 0.6 is 34.4 Å². The Bertz CT molecular complexity index is 584. The number of rotatable bonds is 18. The van der Waals surface area contributed by atoms with Gasteiger partial charge in [-0.1, -0.05) is 86.9 Å². The van der Waals surface area contributed by atoms with Crippen LogP contribution in [0.1, 0.15) is 69.4 Å². The fourth-order valence-electron chi connectivity index (χ4n) is 3.26. The van der Waals surface area contributed by atoms with Crippen LogP contribution in [0.2, 0.25) is 0 Å². The van der Waals surface area contributed by atoms with Crippen molar-refractivity contribution in [2.45, 2.75) is 76.7 Å². The van der Waals surface area contributed by atoms with Crippen LogP contribution in [0, 0.1) is 0 Å². The predicted octanol–water partition coefficient (Wildman–Crippen LogP) is 5.16. The minimum absolute atomic E-state index is 0.235. The Hall–Kier alpha value is -0.380. The van der Waals surface area contributed by atoms with Crippen LogP contribution in [0.4, 0.5) is 4.79 Å². The van der Waals surface area contributed by atoms with E-state index < -0.39 is 5.54 Å². The van der Waals surface area contributed by atoms with E-state index in [-0.39, 0.29) is 18.5 Å². The van der Waals surface area contributed by atoms with Gasteiger partial charge in [-0.05, 0) is 43.2 Å². The van der Waals surface area contributed by atoms with Gasteiger partial charge in [0.1, 0.15) is 0 Å². The first kappa shape index (κ1) is 28.7. The van der Waals surface area contributed by atoms with Gasteiger partial charge in [0.05, 0.1) is 18.8 Å². The zero-order chi connectivity index (χ0) is 22.8. The van der Waals surface area contributed by atoms with Crippen molar-refractivity contribution in [2.24, 2.45) is 0 Å². The highest BCUT2D eigenvalue weighted by molar-refractivity contribution is 8.82. The Kier molecular flexibility index (Phi) is 16.7. The molecule has 0 radical (unpaired) electrons. The lowest BCUT2D eigenvalue weighted by molar-refractivity contribution is 0.0939. The molecule has 1 amide bonds. The summed E-state index contributed by atoms with van der Waals surface area (Å²) in [5.74, 6) is 0.821. The minimum Gasteiger partial charge on any atom is -0.394 e. The number of unbranched alkanes of at least 4 members (excludes halogenated alkanes) is 5. The van der Waals surface area contributed by atoms with E-state index in [1.54, 1.807) is 0 Å². The summed E-state index contributed by atoms with van der Waals surface area (Å²) in [4.78, 5) is 12.2. The number of hydrogen-bond acceptors (Lipinski definition) is 7. The molecule has 0 aliphatic carbocycles. The first-order chi connectivity index (χ1) is 15.1. The standard InChI is InChI=1S/C23H40N2O3S3/c1-2-3-4-5-6-7-9-20-10-12-21(13-11-20)14-15-23(18-26,19-27)25-22(28)31-30-17-8-16-24-29/h10-13,24,26-27,29H,2-9,14-19H2,1H3,(H,25,28). The molecule has 0 atom stereocenters. The van der Waals surface area contributed by atoms with Crippen molar-refractivity contribution in [3.63, 3.8) is 0 Å². The molecule has 0 heterocycles. The Morgan fingerprint density at radius 1 is 0.968 bits per heavy atom. The van der Waals surface area contributed by atoms with Gasteiger partial charge in [-0.15, -0.1) is 0 Å². The number of benzene rings is 1. The first-order valence-electron chi connectivity index (χ1n) is 11.4. The molecule has 0 bridgehead atoms. The number of aliphatic hydroxyl groups is 2. The predicted molar refractivity (Wildman–Crippen MR) is 139 cm³/mol. The lowest BCUT2D eigenvalue weighted by atomic mass is 9.92. The summed E-state index contributed by atoms with van der Waals surface area (Å²) >= 11 is 3.93. The Labute approximate surface area is 201 Å². The van der Waals surface area contributed by atoms with Crippen molar-refractivity contribution in [1.82, 2.24) is 10.0 Å². The van der Waals surface area contributed by atoms with Crippen molar-refractivity contribution < 1.29 is 15.0 Å². The molecule has 0 aliphatic rings. The van der Waals surface area contributed by atoms with Gasteiger partial charge >= 0.3 is 0 Å². The van der Waals surface area contributed by atoms with Gasteiger partial charge in [0, 0.05) is 23.1 Å². The fraction of sp³-hybridized carbons (Fsp3) is 0.696. The second-order valence-electron chi connectivity index (χ2n) is 8.01. The highest BCUT2D eigenvalue weighted by Gasteiger charge is 2.30.